The normalized spacial score (nSPS) is 8.11. The highest BCUT2D eigenvalue weighted by Gasteiger charge is 1.95. The smallest absolute Gasteiger partial charge is 0.185 e. The van der Waals surface area contributed by atoms with Crippen LogP contribution in [0.2, 0.25) is 0 Å². The SMILES string of the molecule is Cc1ccoc1C=O.O. The Kier molecular flexibility index (Phi) is 2.67. The molecule has 2 N–H and O–H groups in total. The van der Waals surface area contributed by atoms with Gasteiger partial charge in [0.25, 0.3) is 0 Å². The fourth-order valence-corrected chi connectivity index (χ4v) is 0.505. The van der Waals surface area contributed by atoms with Crippen molar-refractivity contribution < 1.29 is 14.7 Å². The van der Waals surface area contributed by atoms with E-state index in [1.807, 2.05) is 6.92 Å². The van der Waals surface area contributed by atoms with Gasteiger partial charge in [-0.3, -0.25) is 4.79 Å². The third-order valence-corrected chi connectivity index (χ3v) is 1.01. The highest BCUT2D eigenvalue weighted by Crippen LogP contribution is 2.03. The summed E-state index contributed by atoms with van der Waals surface area (Å²) < 4.78 is 4.75. The van der Waals surface area contributed by atoms with Gasteiger partial charge in [-0.2, -0.15) is 0 Å². The van der Waals surface area contributed by atoms with Crippen LogP contribution in [0.15, 0.2) is 16.7 Å². The zero-order valence-electron chi connectivity index (χ0n) is 5.05. The summed E-state index contributed by atoms with van der Waals surface area (Å²) in [6, 6.07) is 1.75. The van der Waals surface area contributed by atoms with E-state index in [1.165, 1.54) is 6.26 Å². The molecular formula is C6H8O3. The van der Waals surface area contributed by atoms with Gasteiger partial charge in [-0.1, -0.05) is 0 Å². The number of aldehydes is 1. The van der Waals surface area contributed by atoms with E-state index < -0.39 is 0 Å². The van der Waals surface area contributed by atoms with Crippen LogP contribution in [-0.4, -0.2) is 11.8 Å². The molecule has 3 nitrogen and oxygen atoms in total. The van der Waals surface area contributed by atoms with Crippen molar-refractivity contribution in [3.05, 3.63) is 23.7 Å². The lowest BCUT2D eigenvalue weighted by molar-refractivity contribution is 0.110. The molecule has 9 heavy (non-hydrogen) atoms. The van der Waals surface area contributed by atoms with Crippen LogP contribution in [-0.2, 0) is 0 Å². The Labute approximate surface area is 52.6 Å². The average Bonchev–Trinajstić information content (AvgIpc) is 2.14. The first-order valence-corrected chi connectivity index (χ1v) is 2.34. The molecule has 0 amide bonds. The van der Waals surface area contributed by atoms with Crippen LogP contribution in [0.4, 0.5) is 0 Å². The third kappa shape index (κ3) is 1.40. The maximum absolute atomic E-state index is 9.99. The molecule has 0 aliphatic rings. The summed E-state index contributed by atoms with van der Waals surface area (Å²) in [5, 5.41) is 0. The van der Waals surface area contributed by atoms with Gasteiger partial charge in [-0.05, 0) is 18.6 Å². The molecule has 0 unspecified atom stereocenters. The number of carbonyl (C=O) groups is 1. The van der Waals surface area contributed by atoms with Gasteiger partial charge < -0.3 is 9.89 Å². The molecule has 1 rings (SSSR count). The Morgan fingerprint density at radius 1 is 1.67 bits per heavy atom. The largest absolute Gasteiger partial charge is 0.461 e. The van der Waals surface area contributed by atoms with E-state index in [9.17, 15) is 4.79 Å². The van der Waals surface area contributed by atoms with Crippen molar-refractivity contribution in [2.45, 2.75) is 6.92 Å². The Hall–Kier alpha value is -1.09. The number of carbonyl (C=O) groups excluding carboxylic acids is 1. The molecule has 1 aromatic heterocycles. The Morgan fingerprint density at radius 3 is 2.56 bits per heavy atom. The number of hydrogen-bond acceptors (Lipinski definition) is 2. The Bertz CT molecular complexity index is 190. The Balaban J connectivity index is 0.000000640. The van der Waals surface area contributed by atoms with E-state index in [-0.39, 0.29) is 5.48 Å². The monoisotopic (exact) mass is 128 g/mol. The Morgan fingerprint density at radius 2 is 2.33 bits per heavy atom. The van der Waals surface area contributed by atoms with Crippen molar-refractivity contribution in [2.75, 3.05) is 0 Å². The van der Waals surface area contributed by atoms with Crippen molar-refractivity contribution in [1.29, 1.82) is 0 Å². The number of aryl methyl sites for hydroxylation is 1. The third-order valence-electron chi connectivity index (χ3n) is 1.01. The molecule has 3 heteroatoms. The van der Waals surface area contributed by atoms with Crippen LogP contribution in [0, 0.1) is 6.92 Å². The molecule has 1 heterocycles. The lowest BCUT2D eigenvalue weighted by Gasteiger charge is -1.78. The van der Waals surface area contributed by atoms with E-state index >= 15 is 0 Å². The van der Waals surface area contributed by atoms with Crippen LogP contribution >= 0.6 is 0 Å². The minimum absolute atomic E-state index is 0. The number of furan rings is 1. The molecule has 0 aliphatic carbocycles. The lowest BCUT2D eigenvalue weighted by Crippen LogP contribution is -1.74. The molecule has 0 saturated carbocycles. The second-order valence-electron chi connectivity index (χ2n) is 1.59. The van der Waals surface area contributed by atoms with Gasteiger partial charge in [0.05, 0.1) is 6.26 Å². The first-order chi connectivity index (χ1) is 3.84. The number of rotatable bonds is 1. The van der Waals surface area contributed by atoms with E-state index in [2.05, 4.69) is 0 Å². The predicted octanol–water partition coefficient (Wildman–Crippen LogP) is 0.576. The van der Waals surface area contributed by atoms with E-state index in [0.29, 0.717) is 12.0 Å². The summed E-state index contributed by atoms with van der Waals surface area (Å²) in [7, 11) is 0. The summed E-state index contributed by atoms with van der Waals surface area (Å²) >= 11 is 0. The molecular weight excluding hydrogens is 120 g/mol. The second kappa shape index (κ2) is 3.04. The minimum Gasteiger partial charge on any atom is -0.461 e. The maximum Gasteiger partial charge on any atom is 0.185 e. The second-order valence-corrected chi connectivity index (χ2v) is 1.59. The van der Waals surface area contributed by atoms with Crippen molar-refractivity contribution in [3.63, 3.8) is 0 Å². The van der Waals surface area contributed by atoms with Gasteiger partial charge in [0.1, 0.15) is 0 Å². The fourth-order valence-electron chi connectivity index (χ4n) is 0.505. The van der Waals surface area contributed by atoms with Gasteiger partial charge in [0.15, 0.2) is 12.0 Å². The van der Waals surface area contributed by atoms with E-state index in [4.69, 9.17) is 4.42 Å². The van der Waals surface area contributed by atoms with Crippen molar-refractivity contribution in [3.8, 4) is 0 Å². The summed E-state index contributed by atoms with van der Waals surface area (Å²) in [5.74, 6) is 0.421. The van der Waals surface area contributed by atoms with E-state index in [1.54, 1.807) is 6.07 Å². The van der Waals surface area contributed by atoms with Crippen LogP contribution in [0.5, 0.6) is 0 Å². The van der Waals surface area contributed by atoms with Crippen molar-refractivity contribution >= 4 is 6.29 Å². The molecule has 0 fully saturated rings. The molecule has 0 saturated heterocycles. The molecule has 0 aromatic carbocycles. The van der Waals surface area contributed by atoms with Crippen molar-refractivity contribution in [1.82, 2.24) is 0 Å². The zero-order chi connectivity index (χ0) is 5.98. The summed E-state index contributed by atoms with van der Waals surface area (Å²) in [6.07, 6.45) is 2.20. The summed E-state index contributed by atoms with van der Waals surface area (Å²) in [6.45, 7) is 1.83. The molecule has 0 atom stereocenters. The fraction of sp³-hybridized carbons (Fsp3) is 0.167. The van der Waals surface area contributed by atoms with Gasteiger partial charge >= 0.3 is 0 Å². The van der Waals surface area contributed by atoms with Crippen LogP contribution < -0.4 is 0 Å². The van der Waals surface area contributed by atoms with Gasteiger partial charge in [0.2, 0.25) is 0 Å². The van der Waals surface area contributed by atoms with Gasteiger partial charge in [-0.25, -0.2) is 0 Å². The summed E-state index contributed by atoms with van der Waals surface area (Å²) in [4.78, 5) is 9.99. The zero-order valence-corrected chi connectivity index (χ0v) is 5.05. The quantitative estimate of drug-likeness (QED) is 0.519. The molecule has 0 aliphatic heterocycles. The molecule has 1 aromatic rings. The topological polar surface area (TPSA) is 61.7 Å². The highest BCUT2D eigenvalue weighted by molar-refractivity contribution is 5.72. The number of hydrogen-bond donors (Lipinski definition) is 0. The van der Waals surface area contributed by atoms with Gasteiger partial charge in [-0.15, -0.1) is 0 Å². The molecule has 0 spiro atoms. The summed E-state index contributed by atoms with van der Waals surface area (Å²) in [5.41, 5.74) is 0.889. The van der Waals surface area contributed by atoms with Crippen LogP contribution in [0.25, 0.3) is 0 Å². The van der Waals surface area contributed by atoms with Gasteiger partial charge in [0, 0.05) is 0 Å². The minimum atomic E-state index is 0. The molecule has 0 bridgehead atoms. The van der Waals surface area contributed by atoms with Crippen LogP contribution in [0.3, 0.4) is 0 Å². The first-order valence-electron chi connectivity index (χ1n) is 2.34. The predicted molar refractivity (Wildman–Crippen MR) is 32.4 cm³/mol. The molecule has 50 valence electrons. The average molecular weight is 128 g/mol. The molecule has 0 radical (unpaired) electrons. The first kappa shape index (κ1) is 7.91. The lowest BCUT2D eigenvalue weighted by atomic mass is 10.3. The van der Waals surface area contributed by atoms with Crippen molar-refractivity contribution in [2.24, 2.45) is 0 Å². The van der Waals surface area contributed by atoms with Crippen LogP contribution in [0.1, 0.15) is 16.1 Å². The van der Waals surface area contributed by atoms with E-state index in [0.717, 1.165) is 5.56 Å². The maximum atomic E-state index is 9.99. The standard InChI is InChI=1S/C6H6O2.H2O/c1-5-2-3-8-6(5)4-7;/h2-4H,1H3;1H2. The highest BCUT2D eigenvalue weighted by atomic mass is 16.3.